The molecular weight excluding hydrogens is 402 g/mol. The number of nitrogens with zero attached hydrogens (tertiary/aromatic N) is 1. The number of sulfonamides is 1. The Hall–Kier alpha value is -2.89. The Labute approximate surface area is 177 Å². The maximum Gasteiger partial charge on any atom is 0.262 e. The van der Waals surface area contributed by atoms with Gasteiger partial charge in [-0.2, -0.15) is 5.26 Å². The molecule has 1 aliphatic carbocycles. The summed E-state index contributed by atoms with van der Waals surface area (Å²) in [5.41, 5.74) is 1.58. The molecule has 1 aliphatic rings. The average molecular weight is 428 g/mol. The molecule has 0 bridgehead atoms. The van der Waals surface area contributed by atoms with Crippen molar-refractivity contribution in [3.05, 3.63) is 53.6 Å². The predicted molar refractivity (Wildman–Crippen MR) is 114 cm³/mol. The van der Waals surface area contributed by atoms with E-state index in [0.717, 1.165) is 32.1 Å². The number of anilines is 1. The number of carbonyl (C=O) groups is 1. The topological polar surface area (TPSA) is 108 Å². The maximum atomic E-state index is 12.6. The van der Waals surface area contributed by atoms with Crippen molar-refractivity contribution in [3.8, 4) is 11.8 Å². The standard InChI is InChI=1S/C22H25N3O4S/c1-16-12-20(30(27,28)25-18-7-3-2-4-8-18)10-11-21(16)29-15-22(26)24-19-9-5-6-17(13-19)14-23/h5-6,9-13,18,25H,2-4,7-8,15H2,1H3,(H,24,26). The van der Waals surface area contributed by atoms with Gasteiger partial charge in [0.05, 0.1) is 16.5 Å². The number of amides is 1. The van der Waals surface area contributed by atoms with E-state index in [1.807, 2.05) is 6.07 Å². The first-order valence-corrected chi connectivity index (χ1v) is 11.4. The zero-order chi connectivity index (χ0) is 21.6. The van der Waals surface area contributed by atoms with E-state index < -0.39 is 10.0 Å². The van der Waals surface area contributed by atoms with Crippen molar-refractivity contribution < 1.29 is 17.9 Å². The van der Waals surface area contributed by atoms with Crippen LogP contribution in [0.15, 0.2) is 47.4 Å². The molecule has 0 unspecified atom stereocenters. The quantitative estimate of drug-likeness (QED) is 0.703. The summed E-state index contributed by atoms with van der Waals surface area (Å²) in [4.78, 5) is 12.3. The summed E-state index contributed by atoms with van der Waals surface area (Å²) in [5.74, 6) is 0.0627. The summed E-state index contributed by atoms with van der Waals surface area (Å²) in [6, 6.07) is 13.2. The summed E-state index contributed by atoms with van der Waals surface area (Å²) in [6.45, 7) is 1.51. The highest BCUT2D eigenvalue weighted by Crippen LogP contribution is 2.24. The molecule has 0 saturated heterocycles. The fourth-order valence-corrected chi connectivity index (χ4v) is 4.86. The van der Waals surface area contributed by atoms with Gasteiger partial charge in [-0.05, 0) is 61.7 Å². The monoisotopic (exact) mass is 427 g/mol. The number of aryl methyl sites for hydroxylation is 1. The van der Waals surface area contributed by atoms with E-state index >= 15 is 0 Å². The highest BCUT2D eigenvalue weighted by molar-refractivity contribution is 7.89. The number of ether oxygens (including phenoxy) is 1. The van der Waals surface area contributed by atoms with Gasteiger partial charge in [0, 0.05) is 11.7 Å². The fourth-order valence-electron chi connectivity index (χ4n) is 3.47. The lowest BCUT2D eigenvalue weighted by atomic mass is 9.96. The molecule has 158 valence electrons. The molecular formula is C22H25N3O4S. The Morgan fingerprint density at radius 3 is 2.63 bits per heavy atom. The molecule has 2 aromatic carbocycles. The molecule has 2 N–H and O–H groups in total. The number of hydrogen-bond acceptors (Lipinski definition) is 5. The second kappa shape index (κ2) is 9.74. The van der Waals surface area contributed by atoms with Gasteiger partial charge >= 0.3 is 0 Å². The number of carbonyl (C=O) groups excluding carboxylic acids is 1. The molecule has 30 heavy (non-hydrogen) atoms. The SMILES string of the molecule is Cc1cc(S(=O)(=O)NC2CCCCC2)ccc1OCC(=O)Nc1cccc(C#N)c1. The van der Waals surface area contributed by atoms with Crippen LogP contribution in [0, 0.1) is 18.3 Å². The molecule has 0 heterocycles. The van der Waals surface area contributed by atoms with Gasteiger partial charge in [0.1, 0.15) is 5.75 Å². The molecule has 3 rings (SSSR count). The van der Waals surface area contributed by atoms with Crippen LogP contribution < -0.4 is 14.8 Å². The Bertz CT molecular complexity index is 1050. The van der Waals surface area contributed by atoms with Crippen LogP contribution in [0.4, 0.5) is 5.69 Å². The van der Waals surface area contributed by atoms with Crippen molar-refractivity contribution in [2.24, 2.45) is 0 Å². The van der Waals surface area contributed by atoms with Gasteiger partial charge in [-0.15, -0.1) is 0 Å². The maximum absolute atomic E-state index is 12.6. The van der Waals surface area contributed by atoms with Crippen molar-refractivity contribution in [1.82, 2.24) is 4.72 Å². The second-order valence-corrected chi connectivity index (χ2v) is 9.13. The minimum atomic E-state index is -3.59. The highest BCUT2D eigenvalue weighted by Gasteiger charge is 2.22. The Morgan fingerprint density at radius 1 is 1.17 bits per heavy atom. The third-order valence-electron chi connectivity index (χ3n) is 5.02. The van der Waals surface area contributed by atoms with E-state index in [-0.39, 0.29) is 23.5 Å². The smallest absolute Gasteiger partial charge is 0.262 e. The van der Waals surface area contributed by atoms with Gasteiger partial charge in [0.25, 0.3) is 5.91 Å². The van der Waals surface area contributed by atoms with Gasteiger partial charge in [-0.25, -0.2) is 13.1 Å². The van der Waals surface area contributed by atoms with Gasteiger partial charge in [-0.1, -0.05) is 25.3 Å². The molecule has 8 heteroatoms. The van der Waals surface area contributed by atoms with E-state index in [4.69, 9.17) is 10.00 Å². The van der Waals surface area contributed by atoms with E-state index in [1.54, 1.807) is 43.3 Å². The third-order valence-corrected chi connectivity index (χ3v) is 6.54. The molecule has 2 aromatic rings. The first-order valence-electron chi connectivity index (χ1n) is 9.93. The molecule has 0 aliphatic heterocycles. The summed E-state index contributed by atoms with van der Waals surface area (Å²) >= 11 is 0. The summed E-state index contributed by atoms with van der Waals surface area (Å²) in [5, 5.41) is 11.6. The van der Waals surface area contributed by atoms with Crippen molar-refractivity contribution in [2.45, 2.75) is 50.0 Å². The highest BCUT2D eigenvalue weighted by atomic mass is 32.2. The first kappa shape index (κ1) is 21.8. The van der Waals surface area contributed by atoms with Gasteiger partial charge in [-0.3, -0.25) is 4.79 Å². The number of rotatable bonds is 7. The van der Waals surface area contributed by atoms with E-state index in [1.165, 1.54) is 6.07 Å². The lowest BCUT2D eigenvalue weighted by Gasteiger charge is -2.22. The molecule has 0 aromatic heterocycles. The minimum absolute atomic E-state index is 0.0109. The van der Waals surface area contributed by atoms with Crippen molar-refractivity contribution in [2.75, 3.05) is 11.9 Å². The van der Waals surface area contributed by atoms with Crippen LogP contribution in [0.2, 0.25) is 0 Å². The molecule has 1 fully saturated rings. The van der Waals surface area contributed by atoms with Crippen LogP contribution in [0.25, 0.3) is 0 Å². The number of nitrogens with one attached hydrogen (secondary N) is 2. The van der Waals surface area contributed by atoms with Crippen LogP contribution >= 0.6 is 0 Å². The normalized spacial score (nSPS) is 14.7. The first-order chi connectivity index (χ1) is 14.4. The molecule has 0 atom stereocenters. The van der Waals surface area contributed by atoms with E-state index in [9.17, 15) is 13.2 Å². The van der Waals surface area contributed by atoms with Gasteiger partial charge < -0.3 is 10.1 Å². The molecule has 7 nitrogen and oxygen atoms in total. The lowest BCUT2D eigenvalue weighted by Crippen LogP contribution is -2.36. The Balaban J connectivity index is 1.59. The second-order valence-electron chi connectivity index (χ2n) is 7.41. The summed E-state index contributed by atoms with van der Waals surface area (Å²) in [7, 11) is -3.59. The summed E-state index contributed by atoms with van der Waals surface area (Å²) in [6.07, 6.45) is 4.97. The molecule has 1 saturated carbocycles. The zero-order valence-electron chi connectivity index (χ0n) is 16.8. The molecule has 0 radical (unpaired) electrons. The van der Waals surface area contributed by atoms with Crippen LogP contribution in [0.1, 0.15) is 43.2 Å². The van der Waals surface area contributed by atoms with Crippen molar-refractivity contribution >= 4 is 21.6 Å². The van der Waals surface area contributed by atoms with Crippen LogP contribution in [0.3, 0.4) is 0 Å². The van der Waals surface area contributed by atoms with Crippen molar-refractivity contribution in [1.29, 1.82) is 5.26 Å². The minimum Gasteiger partial charge on any atom is -0.483 e. The number of nitriles is 1. The number of hydrogen-bond donors (Lipinski definition) is 2. The lowest BCUT2D eigenvalue weighted by molar-refractivity contribution is -0.118. The molecule has 0 spiro atoms. The van der Waals surface area contributed by atoms with E-state index in [2.05, 4.69) is 10.0 Å². The van der Waals surface area contributed by atoms with Gasteiger partial charge in [0.2, 0.25) is 10.0 Å². The Morgan fingerprint density at radius 2 is 1.93 bits per heavy atom. The van der Waals surface area contributed by atoms with E-state index in [0.29, 0.717) is 22.6 Å². The predicted octanol–water partition coefficient (Wildman–Crippen LogP) is 3.50. The third kappa shape index (κ3) is 5.81. The van der Waals surface area contributed by atoms with Crippen molar-refractivity contribution in [3.63, 3.8) is 0 Å². The number of benzene rings is 2. The van der Waals surface area contributed by atoms with Crippen LogP contribution in [-0.4, -0.2) is 27.0 Å². The van der Waals surface area contributed by atoms with Crippen LogP contribution in [0.5, 0.6) is 5.75 Å². The average Bonchev–Trinajstić information content (AvgIpc) is 2.73. The Kier molecular flexibility index (Phi) is 7.08. The fraction of sp³-hybridized carbons (Fsp3) is 0.364. The van der Waals surface area contributed by atoms with Gasteiger partial charge in [0.15, 0.2) is 6.61 Å². The van der Waals surface area contributed by atoms with Crippen LogP contribution in [-0.2, 0) is 14.8 Å². The molecule has 1 amide bonds. The zero-order valence-corrected chi connectivity index (χ0v) is 17.7. The summed E-state index contributed by atoms with van der Waals surface area (Å²) < 4.78 is 33.6. The largest absolute Gasteiger partial charge is 0.483 e.